The summed E-state index contributed by atoms with van der Waals surface area (Å²) in [4.78, 5) is 37.4. The lowest BCUT2D eigenvalue weighted by atomic mass is 10.0. The first-order valence-corrected chi connectivity index (χ1v) is 5.36. The molecule has 1 aromatic rings. The first-order valence-electron chi connectivity index (χ1n) is 5.36. The van der Waals surface area contributed by atoms with Crippen molar-refractivity contribution in [3.8, 4) is 0 Å². The molecule has 0 radical (unpaired) electrons. The van der Waals surface area contributed by atoms with Crippen molar-refractivity contribution in [2.45, 2.75) is 6.23 Å². The van der Waals surface area contributed by atoms with Gasteiger partial charge >= 0.3 is 0 Å². The molecule has 1 aromatic carbocycles. The quantitative estimate of drug-likeness (QED) is 0.569. The van der Waals surface area contributed by atoms with Crippen molar-refractivity contribution in [1.29, 1.82) is 0 Å². The second-order valence-electron chi connectivity index (χ2n) is 4.42. The maximum atomic E-state index is 11.9. The van der Waals surface area contributed by atoms with Gasteiger partial charge in [0.25, 0.3) is 17.7 Å². The van der Waals surface area contributed by atoms with Crippen LogP contribution in [0.4, 0.5) is 0 Å². The molecule has 0 saturated heterocycles. The highest BCUT2D eigenvalue weighted by Crippen LogP contribution is 2.33. The lowest BCUT2D eigenvalue weighted by Crippen LogP contribution is -2.31. The monoisotopic (exact) mass is 245 g/mol. The van der Waals surface area contributed by atoms with Gasteiger partial charge < -0.3 is 10.0 Å². The van der Waals surface area contributed by atoms with E-state index in [2.05, 4.69) is 0 Å². The van der Waals surface area contributed by atoms with E-state index in [9.17, 15) is 19.5 Å². The van der Waals surface area contributed by atoms with Gasteiger partial charge in [-0.1, -0.05) is 0 Å². The van der Waals surface area contributed by atoms with Gasteiger partial charge in [0, 0.05) is 19.7 Å². The molecule has 0 aromatic heterocycles. The maximum absolute atomic E-state index is 11.9. The zero-order valence-corrected chi connectivity index (χ0v) is 9.76. The largest absolute Gasteiger partial charge is 0.833 e. The third kappa shape index (κ3) is 1.08. The Morgan fingerprint density at radius 3 is 2.11 bits per heavy atom. The molecule has 3 rings (SSSR count). The van der Waals surface area contributed by atoms with Crippen molar-refractivity contribution >= 4 is 17.7 Å². The lowest BCUT2D eigenvalue weighted by Gasteiger charge is -2.25. The molecular weight excluding hydrogens is 236 g/mol. The van der Waals surface area contributed by atoms with Crippen LogP contribution in [0, 0.1) is 0 Å². The first-order chi connectivity index (χ1) is 8.43. The molecule has 3 amide bonds. The highest BCUT2D eigenvalue weighted by Gasteiger charge is 2.37. The Hall–Kier alpha value is -2.21. The van der Waals surface area contributed by atoms with Crippen LogP contribution in [0.1, 0.15) is 42.9 Å². The van der Waals surface area contributed by atoms with Crippen LogP contribution in [0.5, 0.6) is 0 Å². The van der Waals surface area contributed by atoms with Gasteiger partial charge in [-0.3, -0.25) is 19.3 Å². The van der Waals surface area contributed by atoms with Crippen molar-refractivity contribution < 1.29 is 19.5 Å². The van der Waals surface area contributed by atoms with E-state index >= 15 is 0 Å². The lowest BCUT2D eigenvalue weighted by molar-refractivity contribution is -0.453. The summed E-state index contributed by atoms with van der Waals surface area (Å²) in [7, 11) is 2.78. The van der Waals surface area contributed by atoms with Crippen molar-refractivity contribution in [3.63, 3.8) is 0 Å². The van der Waals surface area contributed by atoms with E-state index in [1.807, 2.05) is 0 Å². The molecule has 92 valence electrons. The summed E-state index contributed by atoms with van der Waals surface area (Å²) >= 11 is 0. The third-order valence-electron chi connectivity index (χ3n) is 3.43. The molecule has 2 aliphatic heterocycles. The predicted octanol–water partition coefficient (Wildman–Crippen LogP) is -0.643. The molecular formula is C12H9N2O4-. The van der Waals surface area contributed by atoms with Crippen LogP contribution in [0.25, 0.3) is 0 Å². The SMILES string of the molecule is CN1C(=O)c2cc3c(cc2C1=O)C([O-])N(C)C3=O. The van der Waals surface area contributed by atoms with E-state index in [1.165, 1.54) is 26.2 Å². The van der Waals surface area contributed by atoms with Gasteiger partial charge in [-0.05, 0) is 23.9 Å². The molecule has 0 saturated carbocycles. The normalized spacial score (nSPS) is 21.7. The molecule has 1 unspecified atom stereocenters. The minimum absolute atomic E-state index is 0.192. The average Bonchev–Trinajstić information content (AvgIpc) is 2.71. The van der Waals surface area contributed by atoms with E-state index in [0.717, 1.165) is 9.80 Å². The second-order valence-corrected chi connectivity index (χ2v) is 4.42. The summed E-state index contributed by atoms with van der Waals surface area (Å²) < 4.78 is 0. The van der Waals surface area contributed by atoms with Gasteiger partial charge in [0.05, 0.1) is 11.1 Å². The van der Waals surface area contributed by atoms with E-state index in [-0.39, 0.29) is 22.3 Å². The Morgan fingerprint density at radius 2 is 1.50 bits per heavy atom. The Morgan fingerprint density at radius 1 is 0.944 bits per heavy atom. The number of nitrogens with zero attached hydrogens (tertiary/aromatic N) is 2. The Kier molecular flexibility index (Phi) is 1.92. The molecule has 0 aliphatic carbocycles. The van der Waals surface area contributed by atoms with Crippen LogP contribution in [0.2, 0.25) is 0 Å². The van der Waals surface area contributed by atoms with E-state index in [0.29, 0.717) is 0 Å². The molecule has 2 aliphatic rings. The molecule has 6 heteroatoms. The van der Waals surface area contributed by atoms with Crippen LogP contribution < -0.4 is 5.11 Å². The molecule has 0 bridgehead atoms. The van der Waals surface area contributed by atoms with Crippen LogP contribution in [-0.4, -0.2) is 41.6 Å². The molecule has 1 atom stereocenters. The summed E-state index contributed by atoms with van der Waals surface area (Å²) in [5, 5.41) is 11.9. The summed E-state index contributed by atoms with van der Waals surface area (Å²) in [5.74, 6) is -1.29. The molecule has 0 spiro atoms. The number of fused-ring (bicyclic) bond motifs is 2. The fraction of sp³-hybridized carbons (Fsp3) is 0.250. The first kappa shape index (κ1) is 10.9. The van der Waals surface area contributed by atoms with Crippen molar-refractivity contribution in [2.24, 2.45) is 0 Å². The molecule has 18 heavy (non-hydrogen) atoms. The van der Waals surface area contributed by atoms with Crippen molar-refractivity contribution in [3.05, 3.63) is 34.4 Å². The van der Waals surface area contributed by atoms with Crippen LogP contribution in [0.3, 0.4) is 0 Å². The van der Waals surface area contributed by atoms with Crippen LogP contribution >= 0.6 is 0 Å². The number of amides is 3. The summed E-state index contributed by atoms with van der Waals surface area (Å²) in [6.07, 6.45) is -1.31. The number of imide groups is 1. The van der Waals surface area contributed by atoms with Gasteiger partial charge in [0.1, 0.15) is 0 Å². The smallest absolute Gasteiger partial charge is 0.261 e. The molecule has 0 fully saturated rings. The minimum Gasteiger partial charge on any atom is -0.833 e. The van der Waals surface area contributed by atoms with Crippen molar-refractivity contribution in [1.82, 2.24) is 9.80 Å². The molecule has 2 heterocycles. The number of hydrogen-bond donors (Lipinski definition) is 0. The Bertz CT molecular complexity index is 623. The second kappa shape index (κ2) is 3.17. The average molecular weight is 245 g/mol. The summed E-state index contributed by atoms with van der Waals surface area (Å²) in [6.45, 7) is 0. The Labute approximate surface area is 102 Å². The van der Waals surface area contributed by atoms with Gasteiger partial charge in [-0.15, -0.1) is 0 Å². The zero-order valence-electron chi connectivity index (χ0n) is 9.76. The zero-order chi connectivity index (χ0) is 13.2. The van der Waals surface area contributed by atoms with Gasteiger partial charge in [0.15, 0.2) is 0 Å². The van der Waals surface area contributed by atoms with Crippen molar-refractivity contribution in [2.75, 3.05) is 14.1 Å². The fourth-order valence-electron chi connectivity index (χ4n) is 2.32. The Balaban J connectivity index is 2.26. The third-order valence-corrected chi connectivity index (χ3v) is 3.43. The number of carbonyl (C=O) groups excluding carboxylic acids is 3. The van der Waals surface area contributed by atoms with E-state index in [1.54, 1.807) is 0 Å². The fourth-order valence-corrected chi connectivity index (χ4v) is 2.32. The number of benzene rings is 1. The van der Waals surface area contributed by atoms with E-state index < -0.39 is 23.9 Å². The number of carbonyl (C=O) groups is 3. The standard InChI is InChI=1S/C12H9N2O4/c1-13-9(15)5-3-7-8(4-6(5)10(13)16)12(18)14(2)11(7)17/h3-4,9H,1-2H3/q-1. The highest BCUT2D eigenvalue weighted by molar-refractivity contribution is 6.22. The number of hydrogen-bond acceptors (Lipinski definition) is 4. The number of rotatable bonds is 0. The molecule has 6 nitrogen and oxygen atoms in total. The topological polar surface area (TPSA) is 80.8 Å². The predicted molar refractivity (Wildman–Crippen MR) is 57.7 cm³/mol. The maximum Gasteiger partial charge on any atom is 0.261 e. The molecule has 0 N–H and O–H groups in total. The van der Waals surface area contributed by atoms with Gasteiger partial charge in [0.2, 0.25) is 0 Å². The van der Waals surface area contributed by atoms with Gasteiger partial charge in [-0.2, -0.15) is 0 Å². The summed E-state index contributed by atoms with van der Waals surface area (Å²) in [6, 6.07) is 2.72. The minimum atomic E-state index is -1.31. The van der Waals surface area contributed by atoms with Gasteiger partial charge in [-0.25, -0.2) is 0 Å². The van der Waals surface area contributed by atoms with E-state index in [4.69, 9.17) is 0 Å². The van der Waals surface area contributed by atoms with Crippen LogP contribution in [0.15, 0.2) is 12.1 Å². The highest BCUT2D eigenvalue weighted by atomic mass is 16.3. The van der Waals surface area contributed by atoms with Crippen LogP contribution in [-0.2, 0) is 0 Å². The summed E-state index contributed by atoms with van der Waals surface area (Å²) in [5.41, 5.74) is 0.868.